The summed E-state index contributed by atoms with van der Waals surface area (Å²) in [4.78, 5) is 24.2. The lowest BCUT2D eigenvalue weighted by Crippen LogP contribution is -2.41. The van der Waals surface area contributed by atoms with Gasteiger partial charge in [-0.2, -0.15) is 0 Å². The second-order valence-corrected chi connectivity index (χ2v) is 4.88. The minimum atomic E-state index is -0.590. The van der Waals surface area contributed by atoms with Gasteiger partial charge < -0.3 is 15.4 Å². The number of carbonyl (C=O) groups is 1. The van der Waals surface area contributed by atoms with Crippen molar-refractivity contribution in [1.29, 1.82) is 0 Å². The van der Waals surface area contributed by atoms with Gasteiger partial charge in [0.1, 0.15) is 5.69 Å². The van der Waals surface area contributed by atoms with Gasteiger partial charge >= 0.3 is 0 Å². The summed E-state index contributed by atoms with van der Waals surface area (Å²) < 4.78 is 5.43. The summed E-state index contributed by atoms with van der Waals surface area (Å²) in [6.45, 7) is 2.53. The summed E-state index contributed by atoms with van der Waals surface area (Å²) in [7, 11) is 1.68. The van der Waals surface area contributed by atoms with E-state index in [2.05, 4.69) is 0 Å². The molecule has 2 N–H and O–H groups in total. The van der Waals surface area contributed by atoms with Crippen molar-refractivity contribution in [2.75, 3.05) is 19.4 Å². The number of nitro groups is 1. The zero-order valence-electron chi connectivity index (χ0n) is 11.4. The molecule has 1 aliphatic rings. The van der Waals surface area contributed by atoms with Crippen molar-refractivity contribution < 1.29 is 14.5 Å². The molecule has 0 radical (unpaired) electrons. The number of nitrogen functional groups attached to an aromatic ring is 1. The van der Waals surface area contributed by atoms with Gasteiger partial charge in [-0.1, -0.05) is 0 Å². The van der Waals surface area contributed by atoms with Crippen molar-refractivity contribution in [3.63, 3.8) is 0 Å². The number of hydrogen-bond donors (Lipinski definition) is 1. The molecule has 7 heteroatoms. The van der Waals surface area contributed by atoms with Gasteiger partial charge in [0.25, 0.3) is 11.6 Å². The predicted molar refractivity (Wildman–Crippen MR) is 73.4 cm³/mol. The molecule has 7 nitrogen and oxygen atoms in total. The predicted octanol–water partition coefficient (Wildman–Crippen LogP) is 1.43. The first-order chi connectivity index (χ1) is 9.41. The Morgan fingerprint density at radius 2 is 2.25 bits per heavy atom. The first-order valence-electron chi connectivity index (χ1n) is 6.34. The topological polar surface area (TPSA) is 98.7 Å². The van der Waals surface area contributed by atoms with E-state index in [-0.39, 0.29) is 35.0 Å². The van der Waals surface area contributed by atoms with Gasteiger partial charge in [-0.25, -0.2) is 0 Å². The molecule has 0 bridgehead atoms. The van der Waals surface area contributed by atoms with E-state index >= 15 is 0 Å². The van der Waals surface area contributed by atoms with Crippen LogP contribution in [0.25, 0.3) is 0 Å². The molecule has 20 heavy (non-hydrogen) atoms. The molecule has 1 aromatic carbocycles. The number of anilines is 1. The number of likely N-dealkylation sites (N-methyl/N-ethyl adjacent to an activating group) is 1. The van der Waals surface area contributed by atoms with E-state index in [4.69, 9.17) is 10.5 Å². The van der Waals surface area contributed by atoms with E-state index in [0.29, 0.717) is 6.61 Å². The Balaban J connectivity index is 2.24. The van der Waals surface area contributed by atoms with E-state index < -0.39 is 4.92 Å². The zero-order chi connectivity index (χ0) is 14.9. The second kappa shape index (κ2) is 5.46. The molecule has 1 heterocycles. The third-order valence-electron chi connectivity index (χ3n) is 3.63. The lowest BCUT2D eigenvalue weighted by atomic mass is 10.1. The number of amides is 1. The number of nitrogens with two attached hydrogens (primary N) is 1. The van der Waals surface area contributed by atoms with E-state index in [1.54, 1.807) is 11.9 Å². The first-order valence-corrected chi connectivity index (χ1v) is 6.34. The molecular weight excluding hydrogens is 262 g/mol. The van der Waals surface area contributed by atoms with Crippen LogP contribution in [0.4, 0.5) is 11.4 Å². The highest BCUT2D eigenvalue weighted by Gasteiger charge is 2.31. The molecule has 1 aromatic rings. The van der Waals surface area contributed by atoms with Crippen molar-refractivity contribution in [1.82, 2.24) is 4.90 Å². The monoisotopic (exact) mass is 279 g/mol. The number of nitro benzene ring substituents is 1. The van der Waals surface area contributed by atoms with Crippen molar-refractivity contribution in [3.05, 3.63) is 33.9 Å². The third kappa shape index (κ3) is 2.57. The maximum absolute atomic E-state index is 12.4. The molecule has 2 unspecified atom stereocenters. The molecule has 1 fully saturated rings. The maximum Gasteiger partial charge on any atom is 0.292 e. The number of carbonyl (C=O) groups excluding carboxylic acids is 1. The molecule has 1 aliphatic heterocycles. The fourth-order valence-corrected chi connectivity index (χ4v) is 2.42. The number of nitrogens with zero attached hydrogens (tertiary/aromatic N) is 2. The molecule has 2 atom stereocenters. The van der Waals surface area contributed by atoms with Crippen molar-refractivity contribution in [3.8, 4) is 0 Å². The Morgan fingerprint density at radius 3 is 2.80 bits per heavy atom. The molecule has 2 rings (SSSR count). The number of ether oxygens (including phenoxy) is 1. The van der Waals surface area contributed by atoms with Gasteiger partial charge in [-0.3, -0.25) is 14.9 Å². The van der Waals surface area contributed by atoms with Crippen LogP contribution in [0, 0.1) is 10.1 Å². The SMILES string of the molecule is CC1OCCC1N(C)C(=O)c1ccc(N)c([N+](=O)[O-])c1. The Morgan fingerprint density at radius 1 is 1.55 bits per heavy atom. The van der Waals surface area contributed by atoms with Crippen LogP contribution < -0.4 is 5.73 Å². The van der Waals surface area contributed by atoms with E-state index in [9.17, 15) is 14.9 Å². The van der Waals surface area contributed by atoms with Crippen LogP contribution in [0.3, 0.4) is 0 Å². The minimum absolute atomic E-state index is 0.0147. The second-order valence-electron chi connectivity index (χ2n) is 4.88. The summed E-state index contributed by atoms with van der Waals surface area (Å²) in [6, 6.07) is 4.09. The van der Waals surface area contributed by atoms with Crippen molar-refractivity contribution in [2.24, 2.45) is 0 Å². The summed E-state index contributed by atoms with van der Waals surface area (Å²) in [5, 5.41) is 10.9. The fraction of sp³-hybridized carbons (Fsp3) is 0.462. The summed E-state index contributed by atoms with van der Waals surface area (Å²) in [5.41, 5.74) is 5.58. The van der Waals surface area contributed by atoms with Gasteiger partial charge in [0.2, 0.25) is 0 Å². The van der Waals surface area contributed by atoms with Gasteiger partial charge in [-0.15, -0.1) is 0 Å². The lowest BCUT2D eigenvalue weighted by Gasteiger charge is -2.26. The smallest absolute Gasteiger partial charge is 0.292 e. The molecule has 0 saturated carbocycles. The van der Waals surface area contributed by atoms with Crippen LogP contribution >= 0.6 is 0 Å². The van der Waals surface area contributed by atoms with Crippen LogP contribution in [-0.4, -0.2) is 41.5 Å². The minimum Gasteiger partial charge on any atom is -0.393 e. The molecule has 1 amide bonds. The molecule has 0 spiro atoms. The average Bonchev–Trinajstić information content (AvgIpc) is 2.83. The van der Waals surface area contributed by atoms with Gasteiger partial charge in [0, 0.05) is 25.3 Å². The molecule has 0 aromatic heterocycles. The lowest BCUT2D eigenvalue weighted by molar-refractivity contribution is -0.383. The van der Waals surface area contributed by atoms with Gasteiger partial charge in [-0.05, 0) is 25.5 Å². The van der Waals surface area contributed by atoms with Crippen LogP contribution in [0.2, 0.25) is 0 Å². The van der Waals surface area contributed by atoms with E-state index in [1.165, 1.54) is 18.2 Å². The van der Waals surface area contributed by atoms with Gasteiger partial charge in [0.15, 0.2) is 0 Å². The molecule has 1 saturated heterocycles. The normalized spacial score (nSPS) is 21.7. The summed E-state index contributed by atoms with van der Waals surface area (Å²) in [6.07, 6.45) is 0.730. The van der Waals surface area contributed by atoms with E-state index in [0.717, 1.165) is 6.42 Å². The Hall–Kier alpha value is -2.15. The third-order valence-corrected chi connectivity index (χ3v) is 3.63. The van der Waals surface area contributed by atoms with Gasteiger partial charge in [0.05, 0.1) is 17.1 Å². The Labute approximate surface area is 116 Å². The Bertz CT molecular complexity index is 546. The van der Waals surface area contributed by atoms with Crippen LogP contribution in [-0.2, 0) is 4.74 Å². The average molecular weight is 279 g/mol. The number of rotatable bonds is 3. The summed E-state index contributed by atoms with van der Waals surface area (Å²) in [5.74, 6) is -0.268. The highest BCUT2D eigenvalue weighted by atomic mass is 16.6. The van der Waals surface area contributed by atoms with E-state index in [1.807, 2.05) is 6.92 Å². The zero-order valence-corrected chi connectivity index (χ0v) is 11.4. The summed E-state index contributed by atoms with van der Waals surface area (Å²) >= 11 is 0. The van der Waals surface area contributed by atoms with Crippen LogP contribution in [0.5, 0.6) is 0 Å². The van der Waals surface area contributed by atoms with Crippen molar-refractivity contribution >= 4 is 17.3 Å². The molecular formula is C13H17N3O4. The standard InChI is InChI=1S/C13H17N3O4/c1-8-11(5-6-20-8)15(2)13(17)9-3-4-10(14)12(7-9)16(18)19/h3-4,7-8,11H,5-6,14H2,1-2H3. The first kappa shape index (κ1) is 14.3. The molecule has 108 valence electrons. The fourth-order valence-electron chi connectivity index (χ4n) is 2.42. The van der Waals surface area contributed by atoms with Crippen molar-refractivity contribution in [2.45, 2.75) is 25.5 Å². The van der Waals surface area contributed by atoms with Crippen LogP contribution in [0.15, 0.2) is 18.2 Å². The number of hydrogen-bond acceptors (Lipinski definition) is 5. The highest BCUT2D eigenvalue weighted by Crippen LogP contribution is 2.25. The molecule has 0 aliphatic carbocycles. The number of benzene rings is 1. The highest BCUT2D eigenvalue weighted by molar-refractivity contribution is 5.95. The van der Waals surface area contributed by atoms with Crippen LogP contribution in [0.1, 0.15) is 23.7 Å². The Kier molecular flexibility index (Phi) is 3.89. The quantitative estimate of drug-likeness (QED) is 0.512. The largest absolute Gasteiger partial charge is 0.393 e. The maximum atomic E-state index is 12.4.